The molecule has 1 atom stereocenters. The van der Waals surface area contributed by atoms with Gasteiger partial charge >= 0.3 is 0 Å². The highest BCUT2D eigenvalue weighted by atomic mass is 16.5. The lowest BCUT2D eigenvalue weighted by Crippen LogP contribution is -2.37. The topological polar surface area (TPSA) is 49.8 Å². The molecule has 126 valence electrons. The van der Waals surface area contributed by atoms with E-state index < -0.39 is 6.10 Å². The van der Waals surface area contributed by atoms with Crippen molar-refractivity contribution in [1.29, 1.82) is 0 Å². The lowest BCUT2D eigenvalue weighted by atomic mass is 10.1. The molecule has 0 aromatic heterocycles. The molecule has 0 bridgehead atoms. The van der Waals surface area contributed by atoms with Gasteiger partial charge in [0.25, 0.3) is 5.91 Å². The Bertz CT molecular complexity index is 928. The van der Waals surface area contributed by atoms with Gasteiger partial charge in [-0.1, -0.05) is 42.0 Å². The Labute approximate surface area is 146 Å². The lowest BCUT2D eigenvalue weighted by molar-refractivity contribution is 0.0913. The zero-order chi connectivity index (χ0) is 17.4. The van der Waals surface area contributed by atoms with Crippen LogP contribution in [0.5, 0.6) is 5.75 Å². The second-order valence-corrected chi connectivity index (χ2v) is 6.37. The molecule has 4 nitrogen and oxygen atoms in total. The van der Waals surface area contributed by atoms with E-state index in [1.165, 1.54) is 0 Å². The number of anilines is 1. The molecule has 1 aliphatic rings. The second-order valence-electron chi connectivity index (χ2n) is 6.37. The minimum atomic E-state index is -0.769. The van der Waals surface area contributed by atoms with Gasteiger partial charge in [-0.05, 0) is 36.6 Å². The number of rotatable bonds is 5. The summed E-state index contributed by atoms with van der Waals surface area (Å²) < 4.78 is 5.63. The van der Waals surface area contributed by atoms with Gasteiger partial charge in [0.2, 0.25) is 0 Å². The third kappa shape index (κ3) is 2.85. The maximum atomic E-state index is 12.7. The van der Waals surface area contributed by atoms with E-state index in [1.807, 2.05) is 67.6 Å². The Hall–Kier alpha value is -2.85. The summed E-state index contributed by atoms with van der Waals surface area (Å²) >= 11 is 0. The van der Waals surface area contributed by atoms with Crippen molar-refractivity contribution >= 4 is 22.4 Å². The van der Waals surface area contributed by atoms with Crippen LogP contribution >= 0.6 is 0 Å². The Balaban J connectivity index is 1.49. The smallest absolute Gasteiger partial charge is 0.259 e. The van der Waals surface area contributed by atoms with E-state index in [9.17, 15) is 9.90 Å². The van der Waals surface area contributed by atoms with Crippen LogP contribution in [-0.2, 0) is 0 Å². The molecular formula is C21H19NO3. The summed E-state index contributed by atoms with van der Waals surface area (Å²) in [5.74, 6) is 0.643. The first-order valence-electron chi connectivity index (χ1n) is 8.34. The normalized spacial score (nSPS) is 14.2. The summed E-state index contributed by atoms with van der Waals surface area (Å²) in [6.07, 6.45) is -0.769. The van der Waals surface area contributed by atoms with Crippen LogP contribution in [0.3, 0.4) is 0 Å². The Morgan fingerprint density at radius 2 is 1.76 bits per heavy atom. The first-order valence-corrected chi connectivity index (χ1v) is 8.34. The maximum absolute atomic E-state index is 12.7. The van der Waals surface area contributed by atoms with Gasteiger partial charge in [0.1, 0.15) is 18.5 Å². The van der Waals surface area contributed by atoms with Crippen molar-refractivity contribution in [2.75, 3.05) is 18.1 Å². The van der Waals surface area contributed by atoms with E-state index in [0.717, 1.165) is 22.0 Å². The highest BCUT2D eigenvalue weighted by Crippen LogP contribution is 2.37. The molecule has 25 heavy (non-hydrogen) atoms. The molecule has 0 saturated carbocycles. The first kappa shape index (κ1) is 15.7. The van der Waals surface area contributed by atoms with E-state index >= 15 is 0 Å². The average Bonchev–Trinajstić information content (AvgIpc) is 2.89. The van der Waals surface area contributed by atoms with Crippen molar-refractivity contribution in [2.45, 2.75) is 13.0 Å². The summed E-state index contributed by atoms with van der Waals surface area (Å²) in [7, 11) is 0. The molecule has 3 aromatic rings. The minimum Gasteiger partial charge on any atom is -0.491 e. The number of ether oxygens (including phenoxy) is 1. The fraction of sp³-hybridized carbons (Fsp3) is 0.190. The largest absolute Gasteiger partial charge is 0.491 e. The van der Waals surface area contributed by atoms with Crippen LogP contribution < -0.4 is 9.64 Å². The van der Waals surface area contributed by atoms with Crippen LogP contribution in [0.15, 0.2) is 60.7 Å². The quantitative estimate of drug-likeness (QED) is 0.777. The molecule has 0 aliphatic carbocycles. The molecule has 3 aromatic carbocycles. The molecule has 1 N–H and O–H groups in total. The first-order chi connectivity index (χ1) is 12.1. The van der Waals surface area contributed by atoms with Crippen molar-refractivity contribution in [3.63, 3.8) is 0 Å². The number of nitrogens with zero attached hydrogens (tertiary/aromatic N) is 1. The van der Waals surface area contributed by atoms with Crippen LogP contribution in [0.25, 0.3) is 10.8 Å². The van der Waals surface area contributed by atoms with E-state index in [2.05, 4.69) is 0 Å². The van der Waals surface area contributed by atoms with Crippen molar-refractivity contribution in [1.82, 2.24) is 0 Å². The summed E-state index contributed by atoms with van der Waals surface area (Å²) in [6, 6.07) is 19.2. The van der Waals surface area contributed by atoms with Gasteiger partial charge in [-0.25, -0.2) is 0 Å². The van der Waals surface area contributed by atoms with Gasteiger partial charge in [0.15, 0.2) is 0 Å². The predicted octanol–water partition coefficient (Wildman–Crippen LogP) is 3.55. The Morgan fingerprint density at radius 1 is 1.04 bits per heavy atom. The summed E-state index contributed by atoms with van der Waals surface area (Å²) in [5, 5.41) is 12.4. The Kier molecular flexibility index (Phi) is 3.90. The molecule has 1 aliphatic heterocycles. The number of carbonyl (C=O) groups excluding carboxylic acids is 1. The molecule has 4 heteroatoms. The number of aliphatic hydroxyl groups excluding tert-OH is 1. The number of hydrogen-bond acceptors (Lipinski definition) is 3. The molecule has 0 radical (unpaired) electrons. The van der Waals surface area contributed by atoms with Crippen LogP contribution in [0.2, 0.25) is 0 Å². The highest BCUT2D eigenvalue weighted by molar-refractivity contribution is 6.25. The zero-order valence-corrected chi connectivity index (χ0v) is 14.0. The van der Waals surface area contributed by atoms with Crippen molar-refractivity contribution in [3.8, 4) is 5.75 Å². The average molecular weight is 333 g/mol. The van der Waals surface area contributed by atoms with Gasteiger partial charge in [0.05, 0.1) is 12.2 Å². The van der Waals surface area contributed by atoms with Crippen molar-refractivity contribution in [2.24, 2.45) is 0 Å². The number of amides is 1. The van der Waals surface area contributed by atoms with Crippen molar-refractivity contribution in [3.05, 3.63) is 71.8 Å². The van der Waals surface area contributed by atoms with Gasteiger partial charge in [0, 0.05) is 10.9 Å². The molecule has 0 spiro atoms. The van der Waals surface area contributed by atoms with E-state index in [-0.39, 0.29) is 19.1 Å². The number of aliphatic hydroxyl groups is 1. The molecule has 1 unspecified atom stereocenters. The van der Waals surface area contributed by atoms with Gasteiger partial charge < -0.3 is 14.7 Å². The van der Waals surface area contributed by atoms with Gasteiger partial charge in [-0.2, -0.15) is 0 Å². The monoisotopic (exact) mass is 333 g/mol. The molecule has 4 rings (SSSR count). The summed E-state index contributed by atoms with van der Waals surface area (Å²) in [5.41, 5.74) is 2.70. The number of benzene rings is 3. The van der Waals surface area contributed by atoms with E-state index in [0.29, 0.717) is 11.3 Å². The fourth-order valence-electron chi connectivity index (χ4n) is 3.25. The molecule has 1 heterocycles. The minimum absolute atomic E-state index is 0.0683. The van der Waals surface area contributed by atoms with Crippen LogP contribution in [0.1, 0.15) is 15.9 Å². The molecule has 1 amide bonds. The number of aryl methyl sites for hydroxylation is 1. The Morgan fingerprint density at radius 3 is 2.52 bits per heavy atom. The number of hydrogen-bond donors (Lipinski definition) is 1. The standard InChI is InChI=1S/C21H19NO3/c1-14-8-10-17(11-9-14)25-13-16(23)12-22-19-7-3-5-15-4-2-6-18(20(15)19)21(22)24/h2-11,16,23H,12-13H2,1H3. The van der Waals surface area contributed by atoms with Crippen LogP contribution in [0.4, 0.5) is 5.69 Å². The third-order valence-corrected chi connectivity index (χ3v) is 4.51. The molecule has 0 saturated heterocycles. The number of β-amino-alcohol motifs (C(OH)–C–C–N with tert-alkyl or cyclic N) is 1. The van der Waals surface area contributed by atoms with Gasteiger partial charge in [-0.3, -0.25) is 4.79 Å². The fourth-order valence-corrected chi connectivity index (χ4v) is 3.25. The molecular weight excluding hydrogens is 314 g/mol. The predicted molar refractivity (Wildman–Crippen MR) is 98.3 cm³/mol. The van der Waals surface area contributed by atoms with Gasteiger partial charge in [-0.15, -0.1) is 0 Å². The zero-order valence-electron chi connectivity index (χ0n) is 14.0. The lowest BCUT2D eigenvalue weighted by Gasteiger charge is -2.21. The van der Waals surface area contributed by atoms with Crippen LogP contribution in [0, 0.1) is 6.92 Å². The van der Waals surface area contributed by atoms with Crippen molar-refractivity contribution < 1.29 is 14.6 Å². The highest BCUT2D eigenvalue weighted by Gasteiger charge is 2.30. The summed E-state index contributed by atoms with van der Waals surface area (Å²) in [6.45, 7) is 2.35. The van der Waals surface area contributed by atoms with E-state index in [1.54, 1.807) is 4.90 Å². The van der Waals surface area contributed by atoms with E-state index in [4.69, 9.17) is 4.74 Å². The summed E-state index contributed by atoms with van der Waals surface area (Å²) in [4.78, 5) is 14.3. The second kappa shape index (κ2) is 6.22. The number of carbonyl (C=O) groups is 1. The maximum Gasteiger partial charge on any atom is 0.259 e. The third-order valence-electron chi connectivity index (χ3n) is 4.51. The molecule has 0 fully saturated rings. The SMILES string of the molecule is Cc1ccc(OCC(O)CN2C(=O)c3cccc4cccc2c34)cc1. The van der Waals surface area contributed by atoms with Crippen LogP contribution in [-0.4, -0.2) is 30.3 Å².